The zero-order chi connectivity index (χ0) is 18.0. The second-order valence-electron chi connectivity index (χ2n) is 6.61. The molecule has 1 saturated heterocycles. The van der Waals surface area contributed by atoms with Crippen molar-refractivity contribution in [3.63, 3.8) is 0 Å². The molecule has 1 fully saturated rings. The number of amides is 2. The Balaban J connectivity index is 1.91. The van der Waals surface area contributed by atoms with Crippen LogP contribution in [0.4, 0.5) is 0 Å². The van der Waals surface area contributed by atoms with Gasteiger partial charge in [0.1, 0.15) is 0 Å². The van der Waals surface area contributed by atoms with Gasteiger partial charge < -0.3 is 14.5 Å². The average Bonchev–Trinajstić information content (AvgIpc) is 3.22. The van der Waals surface area contributed by atoms with Crippen molar-refractivity contribution in [2.75, 3.05) is 40.9 Å². The Labute approximate surface area is 152 Å². The molecule has 25 heavy (non-hydrogen) atoms. The van der Waals surface area contributed by atoms with Gasteiger partial charge in [0, 0.05) is 44.9 Å². The molecule has 1 atom stereocenters. The second kappa shape index (κ2) is 7.54. The van der Waals surface area contributed by atoms with Gasteiger partial charge in [-0.2, -0.15) is 0 Å². The normalized spacial score (nSPS) is 17.2. The number of carbonyl (C=O) groups is 2. The van der Waals surface area contributed by atoms with E-state index in [-0.39, 0.29) is 17.7 Å². The molecule has 1 aliphatic heterocycles. The highest BCUT2D eigenvalue weighted by Gasteiger charge is 2.32. The molecule has 1 unspecified atom stereocenters. The van der Waals surface area contributed by atoms with Crippen LogP contribution in [0.5, 0.6) is 0 Å². The molecular formula is C19H24N2O3S. The van der Waals surface area contributed by atoms with Crippen LogP contribution in [0.15, 0.2) is 24.3 Å². The minimum absolute atomic E-state index is 0.0420. The summed E-state index contributed by atoms with van der Waals surface area (Å²) in [6, 6.07) is 8.16. The number of rotatable bonds is 5. The van der Waals surface area contributed by atoms with Crippen LogP contribution in [-0.4, -0.2) is 62.5 Å². The highest BCUT2D eigenvalue weighted by Crippen LogP contribution is 2.40. The highest BCUT2D eigenvalue weighted by atomic mass is 32.1. The van der Waals surface area contributed by atoms with Crippen LogP contribution in [0.2, 0.25) is 0 Å². The third kappa shape index (κ3) is 3.55. The number of hydrogen-bond acceptors (Lipinski definition) is 4. The molecule has 0 N–H and O–H groups in total. The summed E-state index contributed by atoms with van der Waals surface area (Å²) in [4.78, 5) is 29.3. The number of ether oxygens (including phenoxy) is 1. The molecule has 1 aromatic heterocycles. The number of hydrogen-bond donors (Lipinski definition) is 0. The van der Waals surface area contributed by atoms with E-state index in [1.807, 2.05) is 17.0 Å². The zero-order valence-electron chi connectivity index (χ0n) is 14.9. The van der Waals surface area contributed by atoms with Crippen LogP contribution in [0.3, 0.4) is 0 Å². The van der Waals surface area contributed by atoms with E-state index in [0.29, 0.717) is 19.6 Å². The van der Waals surface area contributed by atoms with Crippen molar-refractivity contribution in [2.45, 2.75) is 18.8 Å². The number of thiophene rings is 1. The van der Waals surface area contributed by atoms with Gasteiger partial charge in [0.05, 0.1) is 17.9 Å². The Morgan fingerprint density at radius 1 is 1.32 bits per heavy atom. The van der Waals surface area contributed by atoms with Gasteiger partial charge in [-0.1, -0.05) is 18.2 Å². The van der Waals surface area contributed by atoms with E-state index in [2.05, 4.69) is 12.1 Å². The largest absolute Gasteiger partial charge is 0.384 e. The molecule has 0 radical (unpaired) electrons. The smallest absolute Gasteiger partial charge is 0.263 e. The van der Waals surface area contributed by atoms with Crippen LogP contribution in [0.25, 0.3) is 10.1 Å². The summed E-state index contributed by atoms with van der Waals surface area (Å²) in [6.45, 7) is 1.87. The molecule has 0 bridgehead atoms. The second-order valence-corrected chi connectivity index (χ2v) is 7.66. The molecule has 5 nitrogen and oxygen atoms in total. The first-order valence-electron chi connectivity index (χ1n) is 8.52. The molecule has 2 aromatic rings. The van der Waals surface area contributed by atoms with Crippen molar-refractivity contribution in [3.8, 4) is 0 Å². The molecule has 0 saturated carbocycles. The number of methoxy groups -OCH3 is 1. The molecule has 0 aliphatic carbocycles. The first-order valence-corrected chi connectivity index (χ1v) is 9.34. The quantitative estimate of drug-likeness (QED) is 0.824. The lowest BCUT2D eigenvalue weighted by atomic mass is 9.95. The van der Waals surface area contributed by atoms with E-state index in [9.17, 15) is 9.59 Å². The number of carbonyl (C=O) groups excluding carboxylic acids is 2. The monoisotopic (exact) mass is 360 g/mol. The van der Waals surface area contributed by atoms with Crippen molar-refractivity contribution in [3.05, 3.63) is 34.7 Å². The maximum Gasteiger partial charge on any atom is 0.263 e. The maximum atomic E-state index is 12.7. The molecule has 134 valence electrons. The Hall–Kier alpha value is -1.92. The van der Waals surface area contributed by atoms with E-state index in [0.717, 1.165) is 33.5 Å². The molecule has 6 heteroatoms. The number of fused-ring (bicyclic) bond motifs is 1. The van der Waals surface area contributed by atoms with Gasteiger partial charge in [-0.15, -0.1) is 11.3 Å². The lowest BCUT2D eigenvalue weighted by Gasteiger charge is -2.18. The SMILES string of the molecule is COCCC(=O)N1CCC(c2c(C(=O)N(C)C)sc3ccccc23)C1. The molecule has 0 spiro atoms. The van der Waals surface area contributed by atoms with Crippen LogP contribution in [0.1, 0.15) is 34.0 Å². The van der Waals surface area contributed by atoms with Gasteiger partial charge in [-0.25, -0.2) is 0 Å². The van der Waals surface area contributed by atoms with Crippen LogP contribution >= 0.6 is 11.3 Å². The summed E-state index contributed by atoms with van der Waals surface area (Å²) < 4.78 is 6.14. The van der Waals surface area contributed by atoms with Crippen molar-refractivity contribution >= 4 is 33.2 Å². The summed E-state index contributed by atoms with van der Waals surface area (Å²) in [5, 5.41) is 1.15. The summed E-state index contributed by atoms with van der Waals surface area (Å²) >= 11 is 1.56. The number of nitrogens with zero attached hydrogens (tertiary/aromatic N) is 2. The maximum absolute atomic E-state index is 12.7. The molecule has 1 aliphatic rings. The van der Waals surface area contributed by atoms with Crippen LogP contribution in [-0.2, 0) is 9.53 Å². The van der Waals surface area contributed by atoms with Crippen molar-refractivity contribution in [2.24, 2.45) is 0 Å². The van der Waals surface area contributed by atoms with Gasteiger partial charge in [-0.05, 0) is 23.4 Å². The number of likely N-dealkylation sites (tertiary alicyclic amines) is 1. The summed E-state index contributed by atoms with van der Waals surface area (Å²) in [5.41, 5.74) is 1.11. The predicted octanol–water partition coefficient (Wildman–Crippen LogP) is 2.96. The third-order valence-electron chi connectivity index (χ3n) is 4.70. The van der Waals surface area contributed by atoms with Crippen LogP contribution in [0, 0.1) is 0 Å². The van der Waals surface area contributed by atoms with Crippen molar-refractivity contribution in [1.29, 1.82) is 0 Å². The van der Waals surface area contributed by atoms with Gasteiger partial charge in [0.2, 0.25) is 5.91 Å². The fraction of sp³-hybridized carbons (Fsp3) is 0.474. The Kier molecular flexibility index (Phi) is 5.39. The zero-order valence-corrected chi connectivity index (χ0v) is 15.8. The highest BCUT2D eigenvalue weighted by molar-refractivity contribution is 7.21. The summed E-state index contributed by atoms with van der Waals surface area (Å²) in [6.07, 6.45) is 1.31. The average molecular weight is 360 g/mol. The fourth-order valence-electron chi connectivity index (χ4n) is 3.40. The van der Waals surface area contributed by atoms with Gasteiger partial charge >= 0.3 is 0 Å². The minimum atomic E-state index is 0.0420. The summed E-state index contributed by atoms with van der Waals surface area (Å²) in [5.74, 6) is 0.381. The Bertz CT molecular complexity index is 784. The Morgan fingerprint density at radius 2 is 2.08 bits per heavy atom. The molecular weight excluding hydrogens is 336 g/mol. The van der Waals surface area contributed by atoms with Gasteiger partial charge in [-0.3, -0.25) is 9.59 Å². The summed E-state index contributed by atoms with van der Waals surface area (Å²) in [7, 11) is 5.17. The first kappa shape index (κ1) is 17.9. The lowest BCUT2D eigenvalue weighted by Crippen LogP contribution is -2.29. The molecule has 2 heterocycles. The Morgan fingerprint density at radius 3 is 2.80 bits per heavy atom. The van der Waals surface area contributed by atoms with E-state index < -0.39 is 0 Å². The van der Waals surface area contributed by atoms with Gasteiger partial charge in [0.25, 0.3) is 5.91 Å². The molecule has 2 amide bonds. The fourth-order valence-corrected chi connectivity index (χ4v) is 4.71. The van der Waals surface area contributed by atoms with E-state index in [1.165, 1.54) is 0 Å². The predicted molar refractivity (Wildman–Crippen MR) is 100 cm³/mol. The van der Waals surface area contributed by atoms with Crippen molar-refractivity contribution in [1.82, 2.24) is 9.80 Å². The standard InChI is InChI=1S/C19H24N2O3S/c1-20(2)19(23)18-17(14-6-4-5-7-15(14)25-18)13-8-10-21(12-13)16(22)9-11-24-3/h4-7,13H,8-12H2,1-3H3. The first-order chi connectivity index (χ1) is 12.0. The topological polar surface area (TPSA) is 49.9 Å². The van der Waals surface area contributed by atoms with E-state index in [4.69, 9.17) is 4.74 Å². The third-order valence-corrected chi connectivity index (χ3v) is 5.88. The van der Waals surface area contributed by atoms with Crippen molar-refractivity contribution < 1.29 is 14.3 Å². The van der Waals surface area contributed by atoms with Crippen LogP contribution < -0.4 is 0 Å². The number of benzene rings is 1. The van der Waals surface area contributed by atoms with E-state index >= 15 is 0 Å². The molecule has 3 rings (SSSR count). The molecule has 1 aromatic carbocycles. The lowest BCUT2D eigenvalue weighted by molar-refractivity contribution is -0.131. The van der Waals surface area contributed by atoms with E-state index in [1.54, 1.807) is 37.4 Å². The minimum Gasteiger partial charge on any atom is -0.384 e. The van der Waals surface area contributed by atoms with Gasteiger partial charge in [0.15, 0.2) is 0 Å².